The number of H-pyrrole nitrogens is 1. The zero-order chi connectivity index (χ0) is 10.8. The van der Waals surface area contributed by atoms with Gasteiger partial charge in [0.2, 0.25) is 5.91 Å². The topological polar surface area (TPSA) is 49.0 Å². The molecular weight excluding hydrogens is 190 g/mol. The van der Waals surface area contributed by atoms with Gasteiger partial charge in [0.1, 0.15) is 0 Å². The average Bonchev–Trinajstić information content (AvgIpc) is 2.50. The molecule has 1 aromatic rings. The first-order chi connectivity index (χ1) is 7.22. The lowest BCUT2D eigenvalue weighted by molar-refractivity contribution is -0.131. The van der Waals surface area contributed by atoms with E-state index in [1.165, 1.54) is 11.3 Å². The largest absolute Gasteiger partial charge is 0.338 e. The molecule has 2 rings (SSSR count). The molecule has 0 atom stereocenters. The molecule has 4 heteroatoms. The van der Waals surface area contributed by atoms with E-state index in [1.807, 2.05) is 18.7 Å². The molecule has 0 aromatic carbocycles. The highest BCUT2D eigenvalue weighted by molar-refractivity contribution is 5.75. The summed E-state index contributed by atoms with van der Waals surface area (Å²) in [5.74, 6) is 0.239. The Morgan fingerprint density at radius 1 is 1.60 bits per heavy atom. The number of aryl methyl sites for hydroxylation is 2. The minimum atomic E-state index is 0.239. The first-order valence-corrected chi connectivity index (χ1v) is 5.53. The summed E-state index contributed by atoms with van der Waals surface area (Å²) in [6, 6.07) is 0. The van der Waals surface area contributed by atoms with Crippen LogP contribution in [0.4, 0.5) is 0 Å². The monoisotopic (exact) mass is 207 g/mol. The van der Waals surface area contributed by atoms with E-state index < -0.39 is 0 Å². The maximum atomic E-state index is 11.7. The van der Waals surface area contributed by atoms with Crippen molar-refractivity contribution in [3.05, 3.63) is 17.0 Å². The SMILES string of the molecule is CCC(=O)N1CCCc2[nH]nc(C)c2C1. The second-order valence-electron chi connectivity index (χ2n) is 4.04. The summed E-state index contributed by atoms with van der Waals surface area (Å²) in [7, 11) is 0. The molecule has 0 saturated carbocycles. The van der Waals surface area contributed by atoms with Gasteiger partial charge in [-0.25, -0.2) is 0 Å². The molecule has 0 unspecified atom stereocenters. The molecule has 2 heterocycles. The normalized spacial score (nSPS) is 16.0. The van der Waals surface area contributed by atoms with E-state index in [-0.39, 0.29) is 5.91 Å². The van der Waals surface area contributed by atoms with Crippen LogP contribution in [0.15, 0.2) is 0 Å². The van der Waals surface area contributed by atoms with E-state index >= 15 is 0 Å². The van der Waals surface area contributed by atoms with Crippen molar-refractivity contribution < 1.29 is 4.79 Å². The number of hydrogen-bond acceptors (Lipinski definition) is 2. The molecule has 0 radical (unpaired) electrons. The van der Waals surface area contributed by atoms with Crippen molar-refractivity contribution in [3.63, 3.8) is 0 Å². The highest BCUT2D eigenvalue weighted by atomic mass is 16.2. The second-order valence-corrected chi connectivity index (χ2v) is 4.04. The summed E-state index contributed by atoms with van der Waals surface area (Å²) < 4.78 is 0. The van der Waals surface area contributed by atoms with E-state index in [1.54, 1.807) is 0 Å². The van der Waals surface area contributed by atoms with Crippen molar-refractivity contribution in [2.75, 3.05) is 6.54 Å². The molecule has 1 amide bonds. The molecule has 0 aliphatic carbocycles. The smallest absolute Gasteiger partial charge is 0.222 e. The molecule has 15 heavy (non-hydrogen) atoms. The van der Waals surface area contributed by atoms with Gasteiger partial charge in [-0.1, -0.05) is 6.92 Å². The standard InChI is InChI=1S/C11H17N3O/c1-3-11(15)14-6-4-5-10-9(7-14)8(2)12-13-10/h3-7H2,1-2H3,(H,12,13). The quantitative estimate of drug-likeness (QED) is 0.756. The molecule has 82 valence electrons. The molecular formula is C11H17N3O. The fourth-order valence-corrected chi connectivity index (χ4v) is 2.07. The summed E-state index contributed by atoms with van der Waals surface area (Å²) in [5, 5.41) is 7.25. The van der Waals surface area contributed by atoms with E-state index in [2.05, 4.69) is 10.2 Å². The van der Waals surface area contributed by atoms with Gasteiger partial charge in [0.05, 0.1) is 5.69 Å². The van der Waals surface area contributed by atoms with Crippen molar-refractivity contribution in [1.29, 1.82) is 0 Å². The first-order valence-electron chi connectivity index (χ1n) is 5.53. The first kappa shape index (κ1) is 10.2. The number of amides is 1. The van der Waals surface area contributed by atoms with Gasteiger partial charge in [0.15, 0.2) is 0 Å². The number of nitrogens with zero attached hydrogens (tertiary/aromatic N) is 2. The Hall–Kier alpha value is -1.32. The number of aromatic nitrogens is 2. The van der Waals surface area contributed by atoms with Crippen molar-refractivity contribution >= 4 is 5.91 Å². The molecule has 0 spiro atoms. The zero-order valence-corrected chi connectivity index (χ0v) is 9.34. The van der Waals surface area contributed by atoms with Crippen LogP contribution >= 0.6 is 0 Å². The summed E-state index contributed by atoms with van der Waals surface area (Å²) in [6.07, 6.45) is 2.62. The van der Waals surface area contributed by atoms with E-state index in [9.17, 15) is 4.79 Å². The van der Waals surface area contributed by atoms with Gasteiger partial charge in [-0.3, -0.25) is 9.89 Å². The third kappa shape index (κ3) is 1.89. The molecule has 0 fully saturated rings. The zero-order valence-electron chi connectivity index (χ0n) is 9.34. The minimum Gasteiger partial charge on any atom is -0.338 e. The Balaban J connectivity index is 2.23. The van der Waals surface area contributed by atoms with Crippen molar-refractivity contribution in [1.82, 2.24) is 15.1 Å². The van der Waals surface area contributed by atoms with E-state index in [0.717, 1.165) is 31.6 Å². The molecule has 1 aromatic heterocycles. The Morgan fingerprint density at radius 3 is 3.13 bits per heavy atom. The van der Waals surface area contributed by atoms with Crippen molar-refractivity contribution in [2.45, 2.75) is 39.7 Å². The number of fused-ring (bicyclic) bond motifs is 1. The van der Waals surface area contributed by atoms with Crippen LogP contribution in [0.5, 0.6) is 0 Å². The molecule has 1 aliphatic rings. The van der Waals surface area contributed by atoms with Crippen LogP contribution < -0.4 is 0 Å². The third-order valence-corrected chi connectivity index (χ3v) is 3.02. The van der Waals surface area contributed by atoms with Crippen molar-refractivity contribution in [2.24, 2.45) is 0 Å². The fraction of sp³-hybridized carbons (Fsp3) is 0.636. The maximum absolute atomic E-state index is 11.7. The Kier molecular flexibility index (Phi) is 2.75. The number of carbonyl (C=O) groups is 1. The molecule has 1 aliphatic heterocycles. The summed E-state index contributed by atoms with van der Waals surface area (Å²) in [4.78, 5) is 13.6. The summed E-state index contributed by atoms with van der Waals surface area (Å²) in [6.45, 7) is 5.50. The van der Waals surface area contributed by atoms with Crippen LogP contribution in [-0.4, -0.2) is 27.5 Å². The molecule has 1 N–H and O–H groups in total. The van der Waals surface area contributed by atoms with Gasteiger partial charge < -0.3 is 4.90 Å². The number of rotatable bonds is 1. The number of carbonyl (C=O) groups excluding carboxylic acids is 1. The Morgan fingerprint density at radius 2 is 2.40 bits per heavy atom. The van der Waals surface area contributed by atoms with Gasteiger partial charge >= 0.3 is 0 Å². The number of hydrogen-bond donors (Lipinski definition) is 1. The van der Waals surface area contributed by atoms with Gasteiger partial charge in [0, 0.05) is 30.8 Å². The highest BCUT2D eigenvalue weighted by Gasteiger charge is 2.20. The van der Waals surface area contributed by atoms with E-state index in [0.29, 0.717) is 6.42 Å². The lowest BCUT2D eigenvalue weighted by atomic mass is 10.1. The van der Waals surface area contributed by atoms with Crippen LogP contribution in [0.2, 0.25) is 0 Å². The molecule has 4 nitrogen and oxygen atoms in total. The van der Waals surface area contributed by atoms with Crippen LogP contribution in [-0.2, 0) is 17.8 Å². The van der Waals surface area contributed by atoms with Crippen LogP contribution in [0.3, 0.4) is 0 Å². The van der Waals surface area contributed by atoms with Crippen LogP contribution in [0.25, 0.3) is 0 Å². The fourth-order valence-electron chi connectivity index (χ4n) is 2.07. The second kappa shape index (κ2) is 4.04. The predicted molar refractivity (Wildman–Crippen MR) is 57.4 cm³/mol. The van der Waals surface area contributed by atoms with Crippen molar-refractivity contribution in [3.8, 4) is 0 Å². The minimum absolute atomic E-state index is 0.239. The lowest BCUT2D eigenvalue weighted by Gasteiger charge is -2.19. The lowest BCUT2D eigenvalue weighted by Crippen LogP contribution is -2.30. The summed E-state index contributed by atoms with van der Waals surface area (Å²) in [5.41, 5.74) is 3.45. The third-order valence-electron chi connectivity index (χ3n) is 3.02. The van der Waals surface area contributed by atoms with Crippen LogP contribution in [0.1, 0.15) is 36.7 Å². The Bertz CT molecular complexity index is 370. The van der Waals surface area contributed by atoms with Crippen LogP contribution in [0, 0.1) is 6.92 Å². The van der Waals surface area contributed by atoms with Gasteiger partial charge in [-0.05, 0) is 19.8 Å². The molecule has 0 saturated heterocycles. The predicted octanol–water partition coefficient (Wildman–Crippen LogP) is 1.40. The van der Waals surface area contributed by atoms with E-state index in [4.69, 9.17) is 0 Å². The average molecular weight is 207 g/mol. The Labute approximate surface area is 89.7 Å². The van der Waals surface area contributed by atoms with Gasteiger partial charge in [-0.2, -0.15) is 5.10 Å². The molecule has 0 bridgehead atoms. The summed E-state index contributed by atoms with van der Waals surface area (Å²) >= 11 is 0. The van der Waals surface area contributed by atoms with Gasteiger partial charge in [0.25, 0.3) is 0 Å². The number of aromatic amines is 1. The number of nitrogens with one attached hydrogen (secondary N) is 1. The van der Waals surface area contributed by atoms with Gasteiger partial charge in [-0.15, -0.1) is 0 Å². The maximum Gasteiger partial charge on any atom is 0.222 e. The highest BCUT2D eigenvalue weighted by Crippen LogP contribution is 2.19.